The van der Waals surface area contributed by atoms with Crippen LogP contribution in [-0.4, -0.2) is 37.6 Å². The van der Waals surface area contributed by atoms with Crippen molar-refractivity contribution in [2.45, 2.75) is 62.8 Å². The highest BCUT2D eigenvalue weighted by molar-refractivity contribution is 8.23. The molecule has 2 aliphatic carbocycles. The zero-order valence-electron chi connectivity index (χ0n) is 18.3. The quantitative estimate of drug-likeness (QED) is 0.449. The van der Waals surface area contributed by atoms with Gasteiger partial charge in [-0.25, -0.2) is 9.97 Å². The molecule has 6 nitrogen and oxygen atoms in total. The van der Waals surface area contributed by atoms with Gasteiger partial charge in [-0.1, -0.05) is 12.1 Å². The van der Waals surface area contributed by atoms with Crippen molar-refractivity contribution in [2.75, 3.05) is 12.8 Å². The van der Waals surface area contributed by atoms with Crippen LogP contribution in [0.4, 0.5) is 0 Å². The van der Waals surface area contributed by atoms with Crippen molar-refractivity contribution in [2.24, 2.45) is 11.8 Å². The van der Waals surface area contributed by atoms with E-state index in [9.17, 15) is 9.11 Å². The number of nitrogens with zero attached hydrogens (tertiary/aromatic N) is 2. The number of hydrogen-bond donors (Lipinski definition) is 4. The minimum atomic E-state index is -2.64. The van der Waals surface area contributed by atoms with Crippen LogP contribution in [-0.2, 0) is 19.4 Å². The molecule has 0 spiro atoms. The standard InChI is InChI=1S/C24H34N4O2S/c1-31(29,30)20-12-8-18(9-13-20)15-26-14-17-6-10-19(11-7-17)23(25)24-21-4-2-3-5-22(21)27-16-28-24/h8-9,12-13,16-17,19,25-26,29-30H,2-7,10-11,14-15H2,1H3. The molecule has 31 heavy (non-hydrogen) atoms. The summed E-state index contributed by atoms with van der Waals surface area (Å²) in [6.07, 6.45) is 11.9. The summed E-state index contributed by atoms with van der Waals surface area (Å²) in [6, 6.07) is 7.52. The predicted molar refractivity (Wildman–Crippen MR) is 126 cm³/mol. The Morgan fingerprint density at radius 1 is 1.06 bits per heavy atom. The van der Waals surface area contributed by atoms with Crippen LogP contribution < -0.4 is 5.32 Å². The van der Waals surface area contributed by atoms with Crippen LogP contribution in [0.3, 0.4) is 0 Å². The van der Waals surface area contributed by atoms with Gasteiger partial charge in [-0.15, -0.1) is 0 Å². The SMILES string of the molecule is CS(O)(O)c1ccc(CNCC2CCC(C(=N)c3ncnc4c3CCCC4)CC2)cc1. The van der Waals surface area contributed by atoms with Crippen molar-refractivity contribution in [3.05, 3.63) is 53.1 Å². The molecule has 0 amide bonds. The van der Waals surface area contributed by atoms with Crippen LogP contribution in [0.1, 0.15) is 61.0 Å². The second-order valence-electron chi connectivity index (χ2n) is 9.09. The lowest BCUT2D eigenvalue weighted by atomic mass is 9.78. The van der Waals surface area contributed by atoms with Gasteiger partial charge in [0.05, 0.1) is 16.3 Å². The van der Waals surface area contributed by atoms with Gasteiger partial charge in [-0.3, -0.25) is 9.11 Å². The van der Waals surface area contributed by atoms with Crippen LogP contribution >= 0.6 is 10.6 Å². The number of aromatic nitrogens is 2. The van der Waals surface area contributed by atoms with Gasteiger partial charge in [0.25, 0.3) is 0 Å². The third-order valence-electron chi connectivity index (χ3n) is 6.77. The molecule has 1 aromatic carbocycles. The molecule has 0 atom stereocenters. The molecule has 0 saturated heterocycles. The zero-order chi connectivity index (χ0) is 21.8. The van der Waals surface area contributed by atoms with E-state index in [4.69, 9.17) is 5.41 Å². The van der Waals surface area contributed by atoms with E-state index in [1.54, 1.807) is 18.5 Å². The first kappa shape index (κ1) is 22.4. The summed E-state index contributed by atoms with van der Waals surface area (Å²) in [7, 11) is -2.64. The molecule has 2 aliphatic rings. The Hall–Kier alpha value is -1.80. The molecule has 1 fully saturated rings. The first-order valence-corrected chi connectivity index (χ1v) is 13.3. The van der Waals surface area contributed by atoms with Crippen molar-refractivity contribution < 1.29 is 9.11 Å². The average molecular weight is 443 g/mol. The molecule has 0 aliphatic heterocycles. The highest BCUT2D eigenvalue weighted by atomic mass is 32.3. The fraction of sp³-hybridized carbons (Fsp3) is 0.542. The van der Waals surface area contributed by atoms with E-state index in [0.29, 0.717) is 16.7 Å². The van der Waals surface area contributed by atoms with Crippen LogP contribution in [0.2, 0.25) is 0 Å². The summed E-state index contributed by atoms with van der Waals surface area (Å²) in [6.45, 7) is 1.76. The highest BCUT2D eigenvalue weighted by Gasteiger charge is 2.28. The van der Waals surface area contributed by atoms with E-state index in [-0.39, 0.29) is 0 Å². The Morgan fingerprint density at radius 3 is 2.48 bits per heavy atom. The Labute approximate surface area is 186 Å². The Bertz CT molecular complexity index is 903. The average Bonchev–Trinajstić information content (AvgIpc) is 2.78. The molecule has 0 unspecified atom stereocenters. The van der Waals surface area contributed by atoms with E-state index < -0.39 is 10.6 Å². The second-order valence-corrected chi connectivity index (χ2v) is 11.2. The molecule has 2 aromatic rings. The summed E-state index contributed by atoms with van der Waals surface area (Å²) in [5.41, 5.74) is 5.19. The third-order valence-corrected chi connectivity index (χ3v) is 7.93. The van der Waals surface area contributed by atoms with Gasteiger partial charge in [0.15, 0.2) is 0 Å². The largest absolute Gasteiger partial charge is 0.312 e. The van der Waals surface area contributed by atoms with Crippen LogP contribution in [0.5, 0.6) is 0 Å². The second kappa shape index (κ2) is 9.77. The maximum atomic E-state index is 9.72. The Balaban J connectivity index is 1.24. The maximum Gasteiger partial charge on any atom is 0.116 e. The molecular formula is C24H34N4O2S. The topological polar surface area (TPSA) is 102 Å². The molecule has 168 valence electrons. The van der Waals surface area contributed by atoms with E-state index in [1.165, 1.54) is 24.7 Å². The molecule has 4 N–H and O–H groups in total. The van der Waals surface area contributed by atoms with Crippen molar-refractivity contribution >= 4 is 16.3 Å². The molecule has 1 aromatic heterocycles. The smallest absolute Gasteiger partial charge is 0.116 e. The van der Waals surface area contributed by atoms with Gasteiger partial charge in [0.1, 0.15) is 6.33 Å². The Morgan fingerprint density at radius 2 is 1.77 bits per heavy atom. The summed E-state index contributed by atoms with van der Waals surface area (Å²) in [5, 5.41) is 12.4. The monoisotopic (exact) mass is 442 g/mol. The lowest BCUT2D eigenvalue weighted by molar-refractivity contribution is 0.309. The van der Waals surface area contributed by atoms with Crippen molar-refractivity contribution in [3.63, 3.8) is 0 Å². The summed E-state index contributed by atoms with van der Waals surface area (Å²) < 4.78 is 19.4. The van der Waals surface area contributed by atoms with Gasteiger partial charge in [0, 0.05) is 30.0 Å². The lowest BCUT2D eigenvalue weighted by Gasteiger charge is -2.30. The van der Waals surface area contributed by atoms with Gasteiger partial charge in [-0.05, 0) is 81.5 Å². The summed E-state index contributed by atoms with van der Waals surface area (Å²) in [4.78, 5) is 9.55. The molecule has 4 rings (SSSR count). The molecule has 1 saturated carbocycles. The first-order chi connectivity index (χ1) is 14.9. The third kappa shape index (κ3) is 5.52. The lowest BCUT2D eigenvalue weighted by Crippen LogP contribution is -2.29. The number of rotatable bonds is 7. The van der Waals surface area contributed by atoms with Crippen LogP contribution in [0.25, 0.3) is 0 Å². The number of nitrogens with one attached hydrogen (secondary N) is 2. The number of aryl methyl sites for hydroxylation is 1. The summed E-state index contributed by atoms with van der Waals surface area (Å²) >= 11 is 0. The molecule has 0 bridgehead atoms. The van der Waals surface area contributed by atoms with Crippen molar-refractivity contribution in [1.82, 2.24) is 15.3 Å². The Kier molecular flexibility index (Phi) is 7.06. The minimum Gasteiger partial charge on any atom is -0.312 e. The van der Waals surface area contributed by atoms with Gasteiger partial charge in [0.2, 0.25) is 0 Å². The fourth-order valence-electron chi connectivity index (χ4n) is 4.89. The fourth-order valence-corrected chi connectivity index (χ4v) is 5.54. The normalized spacial score (nSPS) is 22.0. The van der Waals surface area contributed by atoms with E-state index in [2.05, 4.69) is 15.3 Å². The van der Waals surface area contributed by atoms with Gasteiger partial charge in [-0.2, -0.15) is 10.6 Å². The van der Waals surface area contributed by atoms with E-state index >= 15 is 0 Å². The number of hydrogen-bond acceptors (Lipinski definition) is 6. The number of fused-ring (bicyclic) bond motifs is 1. The highest BCUT2D eigenvalue weighted by Crippen LogP contribution is 2.43. The van der Waals surface area contributed by atoms with Crippen LogP contribution in [0.15, 0.2) is 35.5 Å². The molecule has 1 heterocycles. The van der Waals surface area contributed by atoms with Crippen molar-refractivity contribution in [3.8, 4) is 0 Å². The van der Waals surface area contributed by atoms with Crippen molar-refractivity contribution in [1.29, 1.82) is 5.41 Å². The van der Waals surface area contributed by atoms with E-state index in [1.807, 2.05) is 12.1 Å². The predicted octanol–water partition coefficient (Wildman–Crippen LogP) is 5.06. The zero-order valence-corrected chi connectivity index (χ0v) is 19.1. The van der Waals surface area contributed by atoms with Gasteiger partial charge < -0.3 is 10.7 Å². The van der Waals surface area contributed by atoms with Crippen LogP contribution in [0, 0.1) is 17.2 Å². The first-order valence-electron chi connectivity index (χ1n) is 11.4. The maximum absolute atomic E-state index is 9.72. The number of benzene rings is 1. The molecule has 7 heteroatoms. The minimum absolute atomic E-state index is 0.318. The summed E-state index contributed by atoms with van der Waals surface area (Å²) in [5.74, 6) is 0.962. The van der Waals surface area contributed by atoms with E-state index in [0.717, 1.165) is 74.3 Å². The molecular weight excluding hydrogens is 408 g/mol. The molecule has 0 radical (unpaired) electrons. The van der Waals surface area contributed by atoms with Gasteiger partial charge >= 0.3 is 0 Å².